The summed E-state index contributed by atoms with van der Waals surface area (Å²) in [6.45, 7) is 2.16. The summed E-state index contributed by atoms with van der Waals surface area (Å²) in [5.74, 6) is 3.11. The molecular weight excluding hydrogens is 466 g/mol. The van der Waals surface area contributed by atoms with Crippen molar-refractivity contribution in [2.45, 2.75) is 13.0 Å². The monoisotopic (exact) mass is 493 g/mol. The van der Waals surface area contributed by atoms with E-state index in [4.69, 9.17) is 23.7 Å². The SMILES string of the molecule is COc1ccc(OC(C)C(=O)NCCOc2ccc3nnc(-c4ccc(OC)cc4OC)n3n2)cc1. The van der Waals surface area contributed by atoms with Gasteiger partial charge in [-0.25, -0.2) is 0 Å². The molecule has 11 nitrogen and oxygen atoms in total. The van der Waals surface area contributed by atoms with E-state index in [2.05, 4.69) is 20.6 Å². The number of fused-ring (bicyclic) bond motifs is 1. The van der Waals surface area contributed by atoms with Crippen molar-refractivity contribution in [2.24, 2.45) is 0 Å². The highest BCUT2D eigenvalue weighted by molar-refractivity contribution is 5.80. The zero-order valence-electron chi connectivity index (χ0n) is 20.4. The Labute approximate surface area is 207 Å². The summed E-state index contributed by atoms with van der Waals surface area (Å²) in [5.41, 5.74) is 1.25. The number of nitrogens with zero attached hydrogens (tertiary/aromatic N) is 4. The van der Waals surface area contributed by atoms with E-state index in [9.17, 15) is 4.79 Å². The van der Waals surface area contributed by atoms with Crippen LogP contribution in [0, 0.1) is 0 Å². The number of nitrogens with one attached hydrogen (secondary N) is 1. The van der Waals surface area contributed by atoms with E-state index in [1.807, 2.05) is 6.07 Å². The molecule has 0 aliphatic heterocycles. The molecule has 1 amide bonds. The molecule has 0 spiro atoms. The number of hydrogen-bond donors (Lipinski definition) is 1. The van der Waals surface area contributed by atoms with E-state index in [1.165, 1.54) is 0 Å². The highest BCUT2D eigenvalue weighted by atomic mass is 16.5. The Bertz CT molecular complexity index is 1320. The summed E-state index contributed by atoms with van der Waals surface area (Å²) < 4.78 is 28.8. The minimum absolute atomic E-state index is 0.211. The molecule has 0 bridgehead atoms. The van der Waals surface area contributed by atoms with Crippen molar-refractivity contribution >= 4 is 11.6 Å². The molecule has 0 saturated heterocycles. The molecule has 4 rings (SSSR count). The zero-order valence-corrected chi connectivity index (χ0v) is 20.4. The third-order valence-electron chi connectivity index (χ3n) is 5.28. The van der Waals surface area contributed by atoms with Crippen molar-refractivity contribution in [1.29, 1.82) is 0 Å². The van der Waals surface area contributed by atoms with Gasteiger partial charge in [0.15, 0.2) is 17.6 Å². The number of carbonyl (C=O) groups is 1. The Balaban J connectivity index is 1.35. The molecule has 36 heavy (non-hydrogen) atoms. The van der Waals surface area contributed by atoms with Gasteiger partial charge in [0.25, 0.3) is 5.91 Å². The van der Waals surface area contributed by atoms with Gasteiger partial charge in [-0.2, -0.15) is 4.52 Å². The summed E-state index contributed by atoms with van der Waals surface area (Å²) in [6.07, 6.45) is -0.674. The minimum Gasteiger partial charge on any atom is -0.497 e. The largest absolute Gasteiger partial charge is 0.497 e. The van der Waals surface area contributed by atoms with Crippen LogP contribution in [0.15, 0.2) is 54.6 Å². The summed E-state index contributed by atoms with van der Waals surface area (Å²) >= 11 is 0. The standard InChI is InChI=1S/C25H27N5O6/c1-16(36-18-7-5-17(32-2)6-8-18)25(31)26-13-14-35-23-12-11-22-27-28-24(30(22)29-23)20-10-9-19(33-3)15-21(20)34-4/h5-12,15-16H,13-14H2,1-4H3,(H,26,31). The Hall–Kier alpha value is -4.54. The van der Waals surface area contributed by atoms with E-state index >= 15 is 0 Å². The molecule has 188 valence electrons. The first-order chi connectivity index (χ1) is 17.5. The van der Waals surface area contributed by atoms with E-state index < -0.39 is 6.10 Å². The Morgan fingerprint density at radius 1 is 0.917 bits per heavy atom. The van der Waals surface area contributed by atoms with Crippen molar-refractivity contribution in [3.63, 3.8) is 0 Å². The van der Waals surface area contributed by atoms with Crippen LogP contribution in [-0.2, 0) is 4.79 Å². The Kier molecular flexibility index (Phi) is 7.69. The van der Waals surface area contributed by atoms with Crippen LogP contribution in [0.2, 0.25) is 0 Å². The predicted octanol–water partition coefficient (Wildman–Crippen LogP) is 2.78. The highest BCUT2D eigenvalue weighted by Gasteiger charge is 2.17. The number of amides is 1. The van der Waals surface area contributed by atoms with Crippen LogP contribution >= 0.6 is 0 Å². The fourth-order valence-corrected chi connectivity index (χ4v) is 3.39. The molecule has 1 N–H and O–H groups in total. The predicted molar refractivity (Wildman–Crippen MR) is 131 cm³/mol. The van der Waals surface area contributed by atoms with Gasteiger partial charge < -0.3 is 29.0 Å². The van der Waals surface area contributed by atoms with Crippen LogP contribution in [0.5, 0.6) is 28.9 Å². The maximum absolute atomic E-state index is 12.4. The fraction of sp³-hybridized carbons (Fsp3) is 0.280. The molecule has 2 heterocycles. The highest BCUT2D eigenvalue weighted by Crippen LogP contribution is 2.32. The lowest BCUT2D eigenvalue weighted by Crippen LogP contribution is -2.38. The lowest BCUT2D eigenvalue weighted by molar-refractivity contribution is -0.127. The van der Waals surface area contributed by atoms with Gasteiger partial charge in [-0.3, -0.25) is 4.79 Å². The van der Waals surface area contributed by atoms with Gasteiger partial charge in [0.05, 0.1) is 33.4 Å². The smallest absolute Gasteiger partial charge is 0.260 e. The number of aromatic nitrogens is 4. The van der Waals surface area contributed by atoms with Crippen molar-refractivity contribution in [2.75, 3.05) is 34.5 Å². The zero-order chi connectivity index (χ0) is 25.5. The number of benzene rings is 2. The summed E-state index contributed by atoms with van der Waals surface area (Å²) in [4.78, 5) is 12.4. The number of hydrogen-bond acceptors (Lipinski definition) is 9. The molecule has 1 unspecified atom stereocenters. The van der Waals surface area contributed by atoms with Crippen LogP contribution in [-0.4, -0.2) is 66.3 Å². The summed E-state index contributed by atoms with van der Waals surface area (Å²) in [6, 6.07) is 15.9. The van der Waals surface area contributed by atoms with Crippen molar-refractivity contribution < 1.29 is 28.5 Å². The summed E-state index contributed by atoms with van der Waals surface area (Å²) in [7, 11) is 4.74. The molecule has 0 saturated carbocycles. The second kappa shape index (κ2) is 11.3. The maximum atomic E-state index is 12.4. The van der Waals surface area contributed by atoms with Crippen molar-refractivity contribution in [3.8, 4) is 40.3 Å². The van der Waals surface area contributed by atoms with Crippen LogP contribution in [0.4, 0.5) is 0 Å². The Morgan fingerprint density at radius 3 is 2.36 bits per heavy atom. The van der Waals surface area contributed by atoms with Crippen LogP contribution in [0.25, 0.3) is 17.0 Å². The maximum Gasteiger partial charge on any atom is 0.260 e. The first-order valence-corrected chi connectivity index (χ1v) is 11.2. The quantitative estimate of drug-likeness (QED) is 0.315. The first kappa shape index (κ1) is 24.6. The second-order valence-electron chi connectivity index (χ2n) is 7.61. The molecule has 11 heteroatoms. The number of methoxy groups -OCH3 is 3. The molecular formula is C25H27N5O6. The topological polar surface area (TPSA) is 118 Å². The molecule has 1 atom stereocenters. The number of rotatable bonds is 11. The van der Waals surface area contributed by atoms with Gasteiger partial charge in [0, 0.05) is 12.1 Å². The average molecular weight is 494 g/mol. The van der Waals surface area contributed by atoms with Gasteiger partial charge in [-0.1, -0.05) is 0 Å². The van der Waals surface area contributed by atoms with Gasteiger partial charge in [-0.15, -0.1) is 15.3 Å². The lowest BCUT2D eigenvalue weighted by atomic mass is 10.2. The Morgan fingerprint density at radius 2 is 1.64 bits per heavy atom. The van der Waals surface area contributed by atoms with Gasteiger partial charge in [0.1, 0.15) is 29.6 Å². The summed E-state index contributed by atoms with van der Waals surface area (Å²) in [5, 5.41) is 15.7. The number of ether oxygens (including phenoxy) is 5. The van der Waals surface area contributed by atoms with E-state index in [0.717, 1.165) is 0 Å². The van der Waals surface area contributed by atoms with Crippen LogP contribution in [0.1, 0.15) is 6.92 Å². The van der Waals surface area contributed by atoms with Gasteiger partial charge >= 0.3 is 0 Å². The van der Waals surface area contributed by atoms with Gasteiger partial charge in [0.2, 0.25) is 5.88 Å². The van der Waals surface area contributed by atoms with Crippen molar-refractivity contribution in [3.05, 3.63) is 54.6 Å². The first-order valence-electron chi connectivity index (χ1n) is 11.2. The normalized spacial score (nSPS) is 11.6. The van der Waals surface area contributed by atoms with E-state index in [0.29, 0.717) is 45.9 Å². The molecule has 0 aliphatic rings. The molecule has 0 aliphatic carbocycles. The van der Waals surface area contributed by atoms with Crippen LogP contribution in [0.3, 0.4) is 0 Å². The van der Waals surface area contributed by atoms with E-state index in [1.54, 1.807) is 81.3 Å². The van der Waals surface area contributed by atoms with Gasteiger partial charge in [-0.05, 0) is 49.4 Å². The third-order valence-corrected chi connectivity index (χ3v) is 5.28. The lowest BCUT2D eigenvalue weighted by Gasteiger charge is -2.15. The van der Waals surface area contributed by atoms with E-state index in [-0.39, 0.29) is 19.1 Å². The van der Waals surface area contributed by atoms with Crippen molar-refractivity contribution in [1.82, 2.24) is 25.1 Å². The molecule has 0 radical (unpaired) electrons. The van der Waals surface area contributed by atoms with Crippen LogP contribution < -0.4 is 29.0 Å². The number of carbonyl (C=O) groups excluding carboxylic acids is 1. The molecule has 2 aromatic carbocycles. The molecule has 2 aromatic heterocycles. The minimum atomic E-state index is -0.674. The average Bonchev–Trinajstić information content (AvgIpc) is 3.34. The second-order valence-corrected chi connectivity index (χ2v) is 7.61. The fourth-order valence-electron chi connectivity index (χ4n) is 3.39. The molecule has 4 aromatic rings. The third kappa shape index (κ3) is 5.57. The molecule has 0 fully saturated rings.